The average molecular weight is 257 g/mol. The highest BCUT2D eigenvalue weighted by molar-refractivity contribution is 6.68. The first-order valence-corrected chi connectivity index (χ1v) is 5.14. The van der Waals surface area contributed by atoms with E-state index in [0.717, 1.165) is 0 Å². The van der Waals surface area contributed by atoms with Crippen molar-refractivity contribution in [3.8, 4) is 5.75 Å². The van der Waals surface area contributed by atoms with Crippen LogP contribution in [0.1, 0.15) is 10.4 Å². The third kappa shape index (κ3) is 2.36. The Hall–Kier alpha value is -1.68. The molecule has 17 heavy (non-hydrogen) atoms. The second-order valence-corrected chi connectivity index (χ2v) is 3.66. The summed E-state index contributed by atoms with van der Waals surface area (Å²) < 4.78 is 29.0. The van der Waals surface area contributed by atoms with Crippen molar-refractivity contribution in [2.24, 2.45) is 0 Å². The lowest BCUT2D eigenvalue weighted by molar-refractivity contribution is -0.0490. The highest BCUT2D eigenvalue weighted by Crippen LogP contribution is 2.32. The fraction of sp³-hybridized carbons (Fsp3) is 0.0833. The van der Waals surface area contributed by atoms with Crippen LogP contribution in [0.2, 0.25) is 0 Å². The standard InChI is InChI=1S/C12H7ClF2O2/c13-11(16)9-6-5-7-3-1-2-4-8(7)10(9)17-12(14)15/h1-6,12H. The van der Waals surface area contributed by atoms with Crippen molar-refractivity contribution < 1.29 is 18.3 Å². The van der Waals surface area contributed by atoms with Gasteiger partial charge in [-0.05, 0) is 23.1 Å². The molecule has 0 unspecified atom stereocenters. The van der Waals surface area contributed by atoms with Crippen LogP contribution in [0.25, 0.3) is 10.8 Å². The number of ether oxygens (including phenoxy) is 1. The summed E-state index contributed by atoms with van der Waals surface area (Å²) in [5, 5.41) is 0.301. The van der Waals surface area contributed by atoms with Gasteiger partial charge < -0.3 is 4.74 Å². The third-order valence-electron chi connectivity index (χ3n) is 2.30. The molecular weight excluding hydrogens is 250 g/mol. The summed E-state index contributed by atoms with van der Waals surface area (Å²) in [7, 11) is 0. The topological polar surface area (TPSA) is 26.3 Å². The van der Waals surface area contributed by atoms with E-state index in [2.05, 4.69) is 4.74 Å². The molecule has 2 nitrogen and oxygen atoms in total. The van der Waals surface area contributed by atoms with E-state index in [9.17, 15) is 13.6 Å². The van der Waals surface area contributed by atoms with Gasteiger partial charge in [0, 0.05) is 5.39 Å². The van der Waals surface area contributed by atoms with Gasteiger partial charge in [0.15, 0.2) is 0 Å². The summed E-state index contributed by atoms with van der Waals surface area (Å²) >= 11 is 5.33. The minimum absolute atomic E-state index is 0.0642. The maximum Gasteiger partial charge on any atom is 0.387 e. The number of carbonyl (C=O) groups is 1. The molecule has 0 bridgehead atoms. The van der Waals surface area contributed by atoms with E-state index in [1.165, 1.54) is 6.07 Å². The van der Waals surface area contributed by atoms with Gasteiger partial charge >= 0.3 is 6.61 Å². The Morgan fingerprint density at radius 1 is 1.18 bits per heavy atom. The van der Waals surface area contributed by atoms with Crippen LogP contribution in [0.4, 0.5) is 8.78 Å². The van der Waals surface area contributed by atoms with Crippen LogP contribution in [0.15, 0.2) is 36.4 Å². The van der Waals surface area contributed by atoms with Crippen LogP contribution in [0.3, 0.4) is 0 Å². The van der Waals surface area contributed by atoms with Crippen LogP contribution < -0.4 is 4.74 Å². The number of benzene rings is 2. The molecule has 2 aromatic rings. The Labute approximate surface area is 101 Å². The third-order valence-corrected chi connectivity index (χ3v) is 2.50. The molecule has 0 aromatic heterocycles. The molecule has 2 aromatic carbocycles. The molecule has 0 atom stereocenters. The van der Waals surface area contributed by atoms with Gasteiger partial charge in [-0.25, -0.2) is 0 Å². The number of hydrogen-bond acceptors (Lipinski definition) is 2. The summed E-state index contributed by atoms with van der Waals surface area (Å²) in [5.41, 5.74) is -0.0642. The molecule has 0 aliphatic carbocycles. The molecule has 0 N–H and O–H groups in total. The fourth-order valence-corrected chi connectivity index (χ4v) is 1.76. The molecule has 0 aliphatic heterocycles. The highest BCUT2D eigenvalue weighted by Gasteiger charge is 2.17. The number of fused-ring (bicyclic) bond motifs is 1. The lowest BCUT2D eigenvalue weighted by Gasteiger charge is -2.11. The summed E-state index contributed by atoms with van der Waals surface area (Å²) in [6.45, 7) is -3.00. The minimum Gasteiger partial charge on any atom is -0.433 e. The Kier molecular flexibility index (Phi) is 3.24. The zero-order chi connectivity index (χ0) is 12.4. The van der Waals surface area contributed by atoms with E-state index in [-0.39, 0.29) is 11.3 Å². The van der Waals surface area contributed by atoms with Crippen LogP contribution in [0, 0.1) is 0 Å². The molecule has 0 amide bonds. The highest BCUT2D eigenvalue weighted by atomic mass is 35.5. The average Bonchev–Trinajstić information content (AvgIpc) is 2.28. The number of hydrogen-bond donors (Lipinski definition) is 0. The zero-order valence-electron chi connectivity index (χ0n) is 8.49. The zero-order valence-corrected chi connectivity index (χ0v) is 9.25. The van der Waals surface area contributed by atoms with Gasteiger partial charge in [-0.15, -0.1) is 0 Å². The van der Waals surface area contributed by atoms with Crippen molar-refractivity contribution in [1.82, 2.24) is 0 Å². The number of alkyl halides is 2. The van der Waals surface area contributed by atoms with E-state index in [1.807, 2.05) is 0 Å². The monoisotopic (exact) mass is 256 g/mol. The van der Waals surface area contributed by atoms with Gasteiger partial charge in [0.05, 0.1) is 5.56 Å². The summed E-state index contributed by atoms with van der Waals surface area (Å²) in [6.07, 6.45) is 0. The van der Waals surface area contributed by atoms with Crippen LogP contribution in [0.5, 0.6) is 5.75 Å². The number of halogens is 3. The van der Waals surface area contributed by atoms with Gasteiger partial charge in [-0.2, -0.15) is 8.78 Å². The molecule has 0 radical (unpaired) electrons. The maximum atomic E-state index is 12.3. The fourth-order valence-electron chi connectivity index (χ4n) is 1.61. The summed E-state index contributed by atoms with van der Waals surface area (Å²) in [4.78, 5) is 11.1. The van der Waals surface area contributed by atoms with E-state index in [1.54, 1.807) is 30.3 Å². The van der Waals surface area contributed by atoms with Gasteiger partial charge in [0.2, 0.25) is 0 Å². The van der Waals surface area contributed by atoms with Crippen LogP contribution in [-0.2, 0) is 0 Å². The molecule has 0 fully saturated rings. The minimum atomic E-state index is -3.00. The first-order valence-electron chi connectivity index (χ1n) is 4.76. The van der Waals surface area contributed by atoms with Crippen LogP contribution in [-0.4, -0.2) is 11.9 Å². The van der Waals surface area contributed by atoms with Gasteiger partial charge in [-0.3, -0.25) is 4.79 Å². The molecule has 5 heteroatoms. The number of carbonyl (C=O) groups excluding carboxylic acids is 1. The lowest BCUT2D eigenvalue weighted by atomic mass is 10.1. The molecule has 0 spiro atoms. The molecular formula is C12H7ClF2O2. The van der Waals surface area contributed by atoms with Gasteiger partial charge in [0.25, 0.3) is 5.24 Å². The summed E-state index contributed by atoms with van der Waals surface area (Å²) in [5.74, 6) is -0.182. The smallest absolute Gasteiger partial charge is 0.387 e. The predicted octanol–water partition coefficient (Wildman–Crippen LogP) is 3.82. The van der Waals surface area contributed by atoms with E-state index >= 15 is 0 Å². The quantitative estimate of drug-likeness (QED) is 0.781. The summed E-state index contributed by atoms with van der Waals surface area (Å²) in [6, 6.07) is 9.75. The first-order chi connectivity index (χ1) is 8.09. The SMILES string of the molecule is O=C(Cl)c1ccc2ccccc2c1OC(F)F. The first kappa shape index (κ1) is 11.8. The van der Waals surface area contributed by atoms with Gasteiger partial charge in [0.1, 0.15) is 5.75 Å². The van der Waals surface area contributed by atoms with E-state index < -0.39 is 11.9 Å². The molecule has 0 aliphatic rings. The molecule has 0 saturated heterocycles. The van der Waals surface area contributed by atoms with Gasteiger partial charge in [-0.1, -0.05) is 30.3 Å². The van der Waals surface area contributed by atoms with E-state index in [4.69, 9.17) is 11.6 Å². The van der Waals surface area contributed by atoms with Crippen molar-refractivity contribution in [1.29, 1.82) is 0 Å². The Balaban J connectivity index is 2.70. The van der Waals surface area contributed by atoms with Crippen molar-refractivity contribution in [3.05, 3.63) is 42.0 Å². The predicted molar refractivity (Wildman–Crippen MR) is 60.8 cm³/mol. The van der Waals surface area contributed by atoms with Crippen molar-refractivity contribution in [3.63, 3.8) is 0 Å². The largest absolute Gasteiger partial charge is 0.433 e. The van der Waals surface area contributed by atoms with E-state index in [0.29, 0.717) is 10.8 Å². The lowest BCUT2D eigenvalue weighted by Crippen LogP contribution is -2.06. The van der Waals surface area contributed by atoms with Crippen LogP contribution >= 0.6 is 11.6 Å². The van der Waals surface area contributed by atoms with Crippen molar-refractivity contribution >= 4 is 27.6 Å². The molecule has 0 heterocycles. The number of rotatable bonds is 3. The Morgan fingerprint density at radius 2 is 1.88 bits per heavy atom. The normalized spacial score (nSPS) is 10.8. The van der Waals surface area contributed by atoms with Crippen molar-refractivity contribution in [2.75, 3.05) is 0 Å². The van der Waals surface area contributed by atoms with Crippen molar-refractivity contribution in [2.45, 2.75) is 6.61 Å². The Bertz CT molecular complexity index is 569. The maximum absolute atomic E-state index is 12.3. The Morgan fingerprint density at radius 3 is 2.53 bits per heavy atom. The molecule has 88 valence electrons. The second kappa shape index (κ2) is 4.67. The molecule has 0 saturated carbocycles. The second-order valence-electron chi connectivity index (χ2n) is 3.32. The molecule has 2 rings (SSSR count).